The third-order valence-corrected chi connectivity index (χ3v) is 5.97. The van der Waals surface area contributed by atoms with Crippen LogP contribution in [0.25, 0.3) is 10.9 Å². The Balaban J connectivity index is 2.13. The molecule has 142 valence electrons. The fourth-order valence-corrected chi connectivity index (χ4v) is 4.24. The summed E-state index contributed by atoms with van der Waals surface area (Å²) in [7, 11) is 3.47. The van der Waals surface area contributed by atoms with Gasteiger partial charge in [-0.2, -0.15) is 5.26 Å². The molecule has 0 N–H and O–H groups in total. The molecule has 27 heavy (non-hydrogen) atoms. The van der Waals surface area contributed by atoms with Crippen molar-refractivity contribution in [2.45, 2.75) is 25.9 Å². The molecule has 0 radical (unpaired) electrons. The quantitative estimate of drug-likeness (QED) is 0.661. The van der Waals surface area contributed by atoms with Crippen LogP contribution in [-0.2, 0) is 7.05 Å². The normalized spacial score (nSPS) is 22.6. The summed E-state index contributed by atoms with van der Waals surface area (Å²) < 4.78 is 30.5. The monoisotopic (exact) mass is 373 g/mol. The number of rotatable bonds is 0. The van der Waals surface area contributed by atoms with Crippen LogP contribution in [0.2, 0.25) is 0 Å². The van der Waals surface area contributed by atoms with E-state index in [1.54, 1.807) is 0 Å². The number of hydrogen-bond acceptors (Lipinski definition) is 5. The van der Waals surface area contributed by atoms with Crippen LogP contribution in [0.1, 0.15) is 12.5 Å². The van der Waals surface area contributed by atoms with Gasteiger partial charge in [-0.05, 0) is 27.0 Å². The first kappa shape index (κ1) is 17.7. The van der Waals surface area contributed by atoms with Gasteiger partial charge in [-0.25, -0.2) is 8.78 Å². The van der Waals surface area contributed by atoms with Gasteiger partial charge < -0.3 is 9.47 Å². The molecule has 2 aliphatic heterocycles. The average molecular weight is 373 g/mol. The van der Waals surface area contributed by atoms with Crippen molar-refractivity contribution in [3.8, 4) is 6.19 Å². The molecule has 1 fully saturated rings. The summed E-state index contributed by atoms with van der Waals surface area (Å²) >= 11 is 0. The van der Waals surface area contributed by atoms with Crippen LogP contribution in [0.3, 0.4) is 0 Å². The maximum atomic E-state index is 14.9. The van der Waals surface area contributed by atoms with E-state index in [1.165, 1.54) is 29.5 Å². The zero-order valence-electron chi connectivity index (χ0n) is 15.8. The molecule has 0 amide bonds. The molecule has 2 aliphatic rings. The molecule has 0 aliphatic carbocycles. The molecule has 0 bridgehead atoms. The van der Waals surface area contributed by atoms with E-state index < -0.39 is 17.2 Å². The first-order valence-electron chi connectivity index (χ1n) is 8.91. The highest BCUT2D eigenvalue weighted by Crippen LogP contribution is 2.41. The van der Waals surface area contributed by atoms with Crippen LogP contribution in [0.5, 0.6) is 0 Å². The Bertz CT molecular complexity index is 1060. The van der Waals surface area contributed by atoms with Gasteiger partial charge in [0.1, 0.15) is 11.5 Å². The van der Waals surface area contributed by atoms with Crippen molar-refractivity contribution in [2.75, 3.05) is 36.5 Å². The molecule has 2 aromatic rings. The van der Waals surface area contributed by atoms with Gasteiger partial charge in [0, 0.05) is 37.1 Å². The molecule has 0 spiro atoms. The molecule has 2 atom stereocenters. The molecule has 1 saturated heterocycles. The minimum Gasteiger partial charge on any atom is -0.361 e. The van der Waals surface area contributed by atoms with E-state index in [0.29, 0.717) is 30.7 Å². The number of aryl methyl sites for hydroxylation is 1. The van der Waals surface area contributed by atoms with Gasteiger partial charge in [0.15, 0.2) is 12.0 Å². The van der Waals surface area contributed by atoms with E-state index >= 15 is 0 Å². The third-order valence-electron chi connectivity index (χ3n) is 5.97. The topological polar surface area (TPSA) is 55.5 Å². The van der Waals surface area contributed by atoms with Crippen molar-refractivity contribution in [1.29, 1.82) is 5.26 Å². The molecule has 8 heteroatoms. The molecule has 2 unspecified atom stereocenters. The lowest BCUT2D eigenvalue weighted by Crippen LogP contribution is -2.62. The largest absolute Gasteiger partial charge is 0.361 e. The lowest BCUT2D eigenvalue weighted by Gasteiger charge is -2.49. The van der Waals surface area contributed by atoms with Gasteiger partial charge in [0.25, 0.3) is 5.56 Å². The Hall–Kier alpha value is -2.66. The highest BCUT2D eigenvalue weighted by atomic mass is 19.1. The van der Waals surface area contributed by atoms with E-state index in [0.717, 1.165) is 0 Å². The number of pyridine rings is 1. The fourth-order valence-electron chi connectivity index (χ4n) is 4.24. The highest BCUT2D eigenvalue weighted by molar-refractivity contribution is 6.00. The number of piperazine rings is 1. The second kappa shape index (κ2) is 5.92. The van der Waals surface area contributed by atoms with Gasteiger partial charge in [0.2, 0.25) is 0 Å². The number of nitrogens with zero attached hydrogens (tertiary/aromatic N) is 5. The number of benzene rings is 1. The Kier molecular flexibility index (Phi) is 3.89. The van der Waals surface area contributed by atoms with Crippen molar-refractivity contribution in [3.63, 3.8) is 0 Å². The Morgan fingerprint density at radius 2 is 1.89 bits per heavy atom. The minimum atomic E-state index is -0.736. The van der Waals surface area contributed by atoms with Gasteiger partial charge in [-0.1, -0.05) is 0 Å². The first-order chi connectivity index (χ1) is 12.8. The van der Waals surface area contributed by atoms with Gasteiger partial charge in [-0.3, -0.25) is 14.6 Å². The summed E-state index contributed by atoms with van der Waals surface area (Å²) in [5.74, 6) is -1.39. The molecule has 6 nitrogen and oxygen atoms in total. The van der Waals surface area contributed by atoms with Crippen molar-refractivity contribution < 1.29 is 8.78 Å². The highest BCUT2D eigenvalue weighted by Gasteiger charge is 2.40. The van der Waals surface area contributed by atoms with E-state index in [-0.39, 0.29) is 28.9 Å². The standard InChI is InChI=1S/C19H21F2N5O/c1-10-6-26-12(7-23(10)3)8-25(9-22)18-17(26)13-5-14(20)11(2)15(21)16(13)24(4)19(18)27/h5,10,12H,6-8H2,1-4H3. The van der Waals surface area contributed by atoms with Gasteiger partial charge in [-0.15, -0.1) is 0 Å². The first-order valence-corrected chi connectivity index (χ1v) is 8.91. The van der Waals surface area contributed by atoms with Crippen molar-refractivity contribution in [1.82, 2.24) is 9.47 Å². The fraction of sp³-hybridized carbons (Fsp3) is 0.474. The lowest BCUT2D eigenvalue weighted by atomic mass is 9.98. The number of likely N-dealkylation sites (N-methyl/N-ethyl adjacent to an activating group) is 1. The van der Waals surface area contributed by atoms with Crippen LogP contribution in [0.15, 0.2) is 10.9 Å². The predicted octanol–water partition coefficient (Wildman–Crippen LogP) is 1.94. The molecule has 0 saturated carbocycles. The Labute approximate surface area is 155 Å². The zero-order valence-corrected chi connectivity index (χ0v) is 15.8. The zero-order chi connectivity index (χ0) is 19.6. The summed E-state index contributed by atoms with van der Waals surface area (Å²) in [5, 5.41) is 9.96. The number of hydrogen-bond donors (Lipinski definition) is 0. The van der Waals surface area contributed by atoms with Crippen molar-refractivity contribution >= 4 is 22.3 Å². The van der Waals surface area contributed by atoms with Gasteiger partial charge in [0.05, 0.1) is 23.8 Å². The summed E-state index contributed by atoms with van der Waals surface area (Å²) in [6.07, 6.45) is 2.08. The molecular formula is C19H21F2N5O. The molecular weight excluding hydrogens is 352 g/mol. The summed E-state index contributed by atoms with van der Waals surface area (Å²) in [6.45, 7) is 5.12. The third kappa shape index (κ3) is 2.34. The second-order valence-electron chi connectivity index (χ2n) is 7.56. The van der Waals surface area contributed by atoms with Crippen LogP contribution in [0.4, 0.5) is 20.2 Å². The molecule has 3 heterocycles. The summed E-state index contributed by atoms with van der Waals surface area (Å²) in [6, 6.07) is 1.45. The van der Waals surface area contributed by atoms with Crippen molar-refractivity contribution in [3.05, 3.63) is 33.6 Å². The average Bonchev–Trinajstić information content (AvgIpc) is 2.63. The summed E-state index contributed by atoms with van der Waals surface area (Å²) in [4.78, 5) is 18.6. The molecule has 1 aromatic carbocycles. The number of aromatic nitrogens is 1. The van der Waals surface area contributed by atoms with Gasteiger partial charge >= 0.3 is 0 Å². The van der Waals surface area contributed by atoms with Crippen LogP contribution in [0, 0.1) is 30.0 Å². The SMILES string of the molecule is Cc1c(F)cc2c3c(c(=O)n(C)c2c1F)N(C#N)CC1CN(C)C(C)CN31. The van der Waals surface area contributed by atoms with E-state index in [9.17, 15) is 18.8 Å². The number of anilines is 2. The Morgan fingerprint density at radius 1 is 1.19 bits per heavy atom. The Morgan fingerprint density at radius 3 is 2.56 bits per heavy atom. The van der Waals surface area contributed by atoms with E-state index in [2.05, 4.69) is 18.0 Å². The van der Waals surface area contributed by atoms with Crippen LogP contribution >= 0.6 is 0 Å². The maximum Gasteiger partial charge on any atom is 0.277 e. The summed E-state index contributed by atoms with van der Waals surface area (Å²) in [5.41, 5.74) is 0.164. The van der Waals surface area contributed by atoms with Crippen molar-refractivity contribution in [2.24, 2.45) is 7.05 Å². The van der Waals surface area contributed by atoms with Crippen LogP contribution < -0.4 is 15.4 Å². The van der Waals surface area contributed by atoms with E-state index in [4.69, 9.17) is 0 Å². The second-order valence-corrected chi connectivity index (χ2v) is 7.56. The smallest absolute Gasteiger partial charge is 0.277 e. The number of halogens is 2. The number of nitriles is 1. The molecule has 4 rings (SSSR count). The number of fused-ring (bicyclic) bond motifs is 5. The van der Waals surface area contributed by atoms with E-state index in [1.807, 2.05) is 11.9 Å². The molecule has 1 aromatic heterocycles. The van der Waals surface area contributed by atoms with Crippen LogP contribution in [-0.4, -0.2) is 48.2 Å². The minimum absolute atomic E-state index is 0.0407. The lowest BCUT2D eigenvalue weighted by molar-refractivity contribution is 0.200. The maximum absolute atomic E-state index is 14.9. The predicted molar refractivity (Wildman–Crippen MR) is 100 cm³/mol.